The van der Waals surface area contributed by atoms with Gasteiger partial charge in [-0.2, -0.15) is 0 Å². The monoisotopic (exact) mass is 266 g/mol. The van der Waals surface area contributed by atoms with Gasteiger partial charge in [-0.1, -0.05) is 0 Å². The Morgan fingerprint density at radius 2 is 1.95 bits per heavy atom. The minimum absolute atomic E-state index is 0.0272. The number of hydrogen-bond acceptors (Lipinski definition) is 4. The standard InChI is InChI=1S/C12H14N2O5/c1-7(8(2)11(16)17)10(15)14-12(18)13-6-9-4-3-5-19-9/h3-5H,6H2,1-2H3,(H,16,17)(H2,13,14,15,18). The summed E-state index contributed by atoms with van der Waals surface area (Å²) in [5.41, 5.74) is -0.142. The number of amides is 3. The van der Waals surface area contributed by atoms with Gasteiger partial charge < -0.3 is 14.8 Å². The van der Waals surface area contributed by atoms with Crippen LogP contribution in [0.1, 0.15) is 19.6 Å². The number of carbonyl (C=O) groups excluding carboxylic acids is 2. The first-order chi connectivity index (χ1) is 8.91. The minimum Gasteiger partial charge on any atom is -0.478 e. The van der Waals surface area contributed by atoms with Crippen molar-refractivity contribution >= 4 is 17.9 Å². The Bertz CT molecular complexity index is 516. The van der Waals surface area contributed by atoms with Crippen LogP contribution in [-0.2, 0) is 16.1 Å². The average molecular weight is 266 g/mol. The van der Waals surface area contributed by atoms with Gasteiger partial charge in [-0.25, -0.2) is 9.59 Å². The molecule has 1 aromatic heterocycles. The van der Waals surface area contributed by atoms with E-state index >= 15 is 0 Å². The second-order valence-electron chi connectivity index (χ2n) is 3.77. The van der Waals surface area contributed by atoms with E-state index in [9.17, 15) is 14.4 Å². The summed E-state index contributed by atoms with van der Waals surface area (Å²) < 4.78 is 4.99. The van der Waals surface area contributed by atoms with E-state index in [-0.39, 0.29) is 17.7 Å². The maximum absolute atomic E-state index is 11.5. The molecule has 0 unspecified atom stereocenters. The molecule has 0 aliphatic carbocycles. The number of carbonyl (C=O) groups is 3. The molecule has 0 atom stereocenters. The first-order valence-electron chi connectivity index (χ1n) is 5.44. The van der Waals surface area contributed by atoms with Crippen LogP contribution in [-0.4, -0.2) is 23.0 Å². The van der Waals surface area contributed by atoms with Gasteiger partial charge in [0, 0.05) is 11.1 Å². The van der Waals surface area contributed by atoms with Crippen molar-refractivity contribution in [3.05, 3.63) is 35.3 Å². The van der Waals surface area contributed by atoms with E-state index < -0.39 is 17.9 Å². The van der Waals surface area contributed by atoms with Gasteiger partial charge in [0.15, 0.2) is 0 Å². The summed E-state index contributed by atoms with van der Waals surface area (Å²) in [5.74, 6) is -1.42. The van der Waals surface area contributed by atoms with Crippen LogP contribution in [0.2, 0.25) is 0 Å². The lowest BCUT2D eigenvalue weighted by Crippen LogP contribution is -2.39. The normalized spacial score (nSPS) is 11.5. The van der Waals surface area contributed by atoms with Crippen LogP contribution in [0.3, 0.4) is 0 Å². The molecular formula is C12H14N2O5. The van der Waals surface area contributed by atoms with Gasteiger partial charge in [0.1, 0.15) is 5.76 Å². The van der Waals surface area contributed by atoms with E-state index in [1.165, 1.54) is 20.1 Å². The predicted octanol–water partition coefficient (Wildman–Crippen LogP) is 1.03. The fourth-order valence-corrected chi connectivity index (χ4v) is 1.15. The Morgan fingerprint density at radius 1 is 1.26 bits per heavy atom. The molecule has 1 heterocycles. The van der Waals surface area contributed by atoms with Crippen molar-refractivity contribution in [1.29, 1.82) is 0 Å². The molecule has 0 fully saturated rings. The molecule has 0 spiro atoms. The van der Waals surface area contributed by atoms with Crippen molar-refractivity contribution in [2.75, 3.05) is 0 Å². The Kier molecular flexibility index (Phi) is 4.87. The zero-order chi connectivity index (χ0) is 14.4. The molecule has 0 saturated heterocycles. The fourth-order valence-electron chi connectivity index (χ4n) is 1.15. The van der Waals surface area contributed by atoms with E-state index in [1.54, 1.807) is 12.1 Å². The van der Waals surface area contributed by atoms with Crippen LogP contribution in [0.5, 0.6) is 0 Å². The van der Waals surface area contributed by atoms with E-state index in [0.29, 0.717) is 5.76 Å². The number of rotatable bonds is 4. The van der Waals surface area contributed by atoms with Crippen molar-refractivity contribution < 1.29 is 23.9 Å². The van der Waals surface area contributed by atoms with E-state index in [1.807, 2.05) is 5.32 Å². The predicted molar refractivity (Wildman–Crippen MR) is 65.1 cm³/mol. The smallest absolute Gasteiger partial charge is 0.331 e. The highest BCUT2D eigenvalue weighted by molar-refractivity contribution is 6.07. The van der Waals surface area contributed by atoms with Crippen molar-refractivity contribution in [3.63, 3.8) is 0 Å². The second-order valence-corrected chi connectivity index (χ2v) is 3.77. The summed E-state index contributed by atoms with van der Waals surface area (Å²) in [4.78, 5) is 33.6. The van der Waals surface area contributed by atoms with Gasteiger partial charge in [0.05, 0.1) is 12.8 Å². The van der Waals surface area contributed by atoms with Gasteiger partial charge in [0.25, 0.3) is 5.91 Å². The molecule has 3 N–H and O–H groups in total. The molecule has 1 rings (SSSR count). The first kappa shape index (κ1) is 14.5. The third-order valence-electron chi connectivity index (χ3n) is 2.45. The van der Waals surface area contributed by atoms with Crippen molar-refractivity contribution in [1.82, 2.24) is 10.6 Å². The molecular weight excluding hydrogens is 252 g/mol. The van der Waals surface area contributed by atoms with Crippen LogP contribution < -0.4 is 10.6 Å². The topological polar surface area (TPSA) is 109 Å². The zero-order valence-electron chi connectivity index (χ0n) is 10.5. The van der Waals surface area contributed by atoms with Crippen LogP contribution in [0.25, 0.3) is 0 Å². The zero-order valence-corrected chi connectivity index (χ0v) is 10.5. The second kappa shape index (κ2) is 6.39. The summed E-state index contributed by atoms with van der Waals surface area (Å²) in [5, 5.41) is 13.1. The molecule has 19 heavy (non-hydrogen) atoms. The van der Waals surface area contributed by atoms with E-state index in [0.717, 1.165) is 0 Å². The van der Waals surface area contributed by atoms with Crippen molar-refractivity contribution in [2.45, 2.75) is 20.4 Å². The fraction of sp³-hybridized carbons (Fsp3) is 0.250. The quantitative estimate of drug-likeness (QED) is 0.705. The van der Waals surface area contributed by atoms with Crippen LogP contribution in [0.4, 0.5) is 4.79 Å². The van der Waals surface area contributed by atoms with Gasteiger partial charge in [-0.05, 0) is 26.0 Å². The average Bonchev–Trinajstić information content (AvgIpc) is 2.87. The number of carboxylic acids is 1. The van der Waals surface area contributed by atoms with Crippen LogP contribution >= 0.6 is 0 Å². The Labute approximate surface area is 109 Å². The molecule has 0 aromatic carbocycles. The molecule has 3 amide bonds. The molecule has 0 saturated carbocycles. The van der Waals surface area contributed by atoms with Gasteiger partial charge >= 0.3 is 12.0 Å². The SMILES string of the molecule is CC(C(=O)O)=C(C)C(=O)NC(=O)NCc1ccco1. The number of imide groups is 1. The third-order valence-corrected chi connectivity index (χ3v) is 2.45. The summed E-state index contributed by atoms with van der Waals surface area (Å²) in [7, 11) is 0. The summed E-state index contributed by atoms with van der Waals surface area (Å²) in [6, 6.07) is 2.62. The van der Waals surface area contributed by atoms with Crippen molar-refractivity contribution in [3.8, 4) is 0 Å². The molecule has 1 aromatic rings. The Hall–Kier alpha value is -2.57. The van der Waals surface area contributed by atoms with Gasteiger partial charge in [-0.15, -0.1) is 0 Å². The third kappa shape index (κ3) is 4.30. The first-order valence-corrected chi connectivity index (χ1v) is 5.44. The highest BCUT2D eigenvalue weighted by Crippen LogP contribution is 2.03. The number of furan rings is 1. The molecule has 0 bridgehead atoms. The minimum atomic E-state index is -1.20. The number of aliphatic carboxylic acids is 1. The molecule has 0 radical (unpaired) electrons. The highest BCUT2D eigenvalue weighted by Gasteiger charge is 2.15. The Morgan fingerprint density at radius 3 is 2.47 bits per heavy atom. The molecule has 102 valence electrons. The number of carboxylic acid groups (broad SMARTS) is 1. The van der Waals surface area contributed by atoms with Crippen LogP contribution in [0, 0.1) is 0 Å². The summed E-state index contributed by atoms with van der Waals surface area (Å²) in [6.07, 6.45) is 1.46. The summed E-state index contributed by atoms with van der Waals surface area (Å²) >= 11 is 0. The molecule has 7 heteroatoms. The largest absolute Gasteiger partial charge is 0.478 e. The number of nitrogens with one attached hydrogen (secondary N) is 2. The lowest BCUT2D eigenvalue weighted by molar-refractivity contribution is -0.133. The maximum Gasteiger partial charge on any atom is 0.331 e. The highest BCUT2D eigenvalue weighted by atomic mass is 16.4. The Balaban J connectivity index is 2.50. The van der Waals surface area contributed by atoms with Gasteiger partial charge in [-0.3, -0.25) is 10.1 Å². The van der Waals surface area contributed by atoms with E-state index in [4.69, 9.17) is 9.52 Å². The lowest BCUT2D eigenvalue weighted by Gasteiger charge is -2.06. The number of hydrogen-bond donors (Lipinski definition) is 3. The van der Waals surface area contributed by atoms with Gasteiger partial charge in [0.2, 0.25) is 0 Å². The molecule has 0 aliphatic rings. The van der Waals surface area contributed by atoms with E-state index in [2.05, 4.69) is 5.32 Å². The maximum atomic E-state index is 11.5. The molecule has 7 nitrogen and oxygen atoms in total. The number of urea groups is 1. The van der Waals surface area contributed by atoms with Crippen LogP contribution in [0.15, 0.2) is 34.0 Å². The summed E-state index contributed by atoms with van der Waals surface area (Å²) in [6.45, 7) is 2.75. The lowest BCUT2D eigenvalue weighted by atomic mass is 10.1. The molecule has 0 aliphatic heterocycles. The van der Waals surface area contributed by atoms with Crippen molar-refractivity contribution in [2.24, 2.45) is 0 Å².